The molecule has 1 aromatic heterocycles. The maximum absolute atomic E-state index is 13.5. The average molecular weight is 421 g/mol. The van der Waals surface area contributed by atoms with Gasteiger partial charge in [0.2, 0.25) is 5.91 Å². The number of rotatable bonds is 10. The van der Waals surface area contributed by atoms with E-state index >= 15 is 0 Å². The number of halogens is 2. The summed E-state index contributed by atoms with van der Waals surface area (Å²) in [5.41, 5.74) is 0.896. The molecule has 1 heterocycles. The Morgan fingerprint density at radius 2 is 1.87 bits per heavy atom. The van der Waals surface area contributed by atoms with Crippen LogP contribution in [0.3, 0.4) is 0 Å². The summed E-state index contributed by atoms with van der Waals surface area (Å²) in [4.78, 5) is 11.6. The molecular formula is C22H29F2N3O3. The Morgan fingerprint density at radius 3 is 2.43 bits per heavy atom. The van der Waals surface area contributed by atoms with Crippen molar-refractivity contribution in [3.63, 3.8) is 0 Å². The molecule has 8 heteroatoms. The maximum Gasteiger partial charge on any atom is 0.217 e. The Balaban J connectivity index is 1.64. The molecule has 164 valence electrons. The summed E-state index contributed by atoms with van der Waals surface area (Å²) in [6.07, 6.45) is 1.68. The molecule has 6 nitrogen and oxygen atoms in total. The van der Waals surface area contributed by atoms with E-state index in [2.05, 4.69) is 29.6 Å². The molecule has 0 saturated heterocycles. The molecule has 2 atom stereocenters. The number of benzene rings is 1. The van der Waals surface area contributed by atoms with Crippen molar-refractivity contribution in [1.82, 2.24) is 15.8 Å². The number of aliphatic hydroxyl groups excluding tert-OH is 1. The van der Waals surface area contributed by atoms with Gasteiger partial charge >= 0.3 is 0 Å². The van der Waals surface area contributed by atoms with Crippen LogP contribution in [0.1, 0.15) is 50.6 Å². The minimum atomic E-state index is -0.962. The van der Waals surface area contributed by atoms with Crippen molar-refractivity contribution >= 4 is 5.91 Å². The van der Waals surface area contributed by atoms with E-state index in [-0.39, 0.29) is 24.4 Å². The number of hydrogen-bond donors (Lipinski definition) is 3. The normalized spacial score (nSPS) is 17.0. The van der Waals surface area contributed by atoms with Crippen LogP contribution in [0, 0.1) is 17.6 Å². The van der Waals surface area contributed by atoms with Gasteiger partial charge in [-0.3, -0.25) is 4.79 Å². The Morgan fingerprint density at radius 1 is 1.20 bits per heavy atom. The Hall–Kier alpha value is -2.32. The highest BCUT2D eigenvalue weighted by Crippen LogP contribution is 2.45. The molecule has 1 aromatic carbocycles. The number of carbonyl (C=O) groups is 1. The second-order valence-corrected chi connectivity index (χ2v) is 8.60. The predicted octanol–water partition coefficient (Wildman–Crippen LogP) is 2.84. The molecule has 3 N–H and O–H groups in total. The first kappa shape index (κ1) is 22.4. The number of nitrogens with zero attached hydrogens (tertiary/aromatic N) is 1. The van der Waals surface area contributed by atoms with E-state index in [1.807, 2.05) is 6.07 Å². The molecule has 0 bridgehead atoms. The SMILES string of the molecule is CC(=O)NC(Cc1cc(F)cc(F)c1)C(O)CNC1(c2cc(CC(C)C)no2)CC1. The number of carbonyl (C=O) groups excluding carboxylic acids is 1. The van der Waals surface area contributed by atoms with Crippen molar-refractivity contribution in [2.75, 3.05) is 6.54 Å². The van der Waals surface area contributed by atoms with Gasteiger partial charge in [0.05, 0.1) is 23.4 Å². The molecule has 30 heavy (non-hydrogen) atoms. The first-order valence-corrected chi connectivity index (χ1v) is 10.3. The number of amides is 1. The van der Waals surface area contributed by atoms with Gasteiger partial charge in [-0.25, -0.2) is 8.78 Å². The third-order valence-electron chi connectivity index (χ3n) is 5.28. The lowest BCUT2D eigenvalue weighted by Gasteiger charge is -2.26. The van der Waals surface area contributed by atoms with Gasteiger partial charge in [-0.15, -0.1) is 0 Å². The summed E-state index contributed by atoms with van der Waals surface area (Å²) < 4.78 is 32.5. The van der Waals surface area contributed by atoms with Gasteiger partial charge < -0.3 is 20.3 Å². The zero-order valence-electron chi connectivity index (χ0n) is 17.5. The van der Waals surface area contributed by atoms with Crippen molar-refractivity contribution in [2.45, 2.75) is 64.1 Å². The van der Waals surface area contributed by atoms with Crippen LogP contribution in [0.5, 0.6) is 0 Å². The maximum atomic E-state index is 13.5. The number of aromatic nitrogens is 1. The van der Waals surface area contributed by atoms with Crippen LogP contribution in [0.2, 0.25) is 0 Å². The van der Waals surface area contributed by atoms with E-state index in [9.17, 15) is 18.7 Å². The van der Waals surface area contributed by atoms with Crippen LogP contribution in [-0.2, 0) is 23.2 Å². The third kappa shape index (κ3) is 5.86. The molecule has 1 aliphatic carbocycles. The second kappa shape index (κ2) is 9.22. The zero-order chi connectivity index (χ0) is 21.9. The van der Waals surface area contributed by atoms with Crippen LogP contribution in [0.4, 0.5) is 8.78 Å². The zero-order valence-corrected chi connectivity index (χ0v) is 17.5. The van der Waals surface area contributed by atoms with Gasteiger partial charge in [0, 0.05) is 25.6 Å². The molecular weight excluding hydrogens is 392 g/mol. The van der Waals surface area contributed by atoms with Crippen molar-refractivity contribution < 1.29 is 23.2 Å². The molecule has 0 radical (unpaired) electrons. The Labute approximate surface area is 175 Å². The van der Waals surface area contributed by atoms with Crippen LogP contribution in [0.25, 0.3) is 0 Å². The average Bonchev–Trinajstić information content (AvgIpc) is 3.28. The fourth-order valence-corrected chi connectivity index (χ4v) is 3.66. The standard InChI is InChI=1S/C22H29F2N3O3/c1-13(2)6-18-11-21(30-27-18)22(4-5-22)25-12-20(29)19(26-14(3)28)9-15-7-16(23)10-17(24)8-15/h7-8,10-11,13,19-20,25,29H,4-6,9,12H2,1-3H3,(H,26,28). The topological polar surface area (TPSA) is 87.4 Å². The Bertz CT molecular complexity index is 860. The lowest BCUT2D eigenvalue weighted by molar-refractivity contribution is -0.120. The van der Waals surface area contributed by atoms with Crippen molar-refractivity contribution in [1.29, 1.82) is 0 Å². The lowest BCUT2D eigenvalue weighted by atomic mass is 10.00. The molecule has 0 spiro atoms. The molecule has 2 aromatic rings. The highest BCUT2D eigenvalue weighted by atomic mass is 19.1. The van der Waals surface area contributed by atoms with E-state index < -0.39 is 23.8 Å². The molecule has 1 saturated carbocycles. The summed E-state index contributed by atoms with van der Waals surface area (Å²) in [5, 5.41) is 20.9. The van der Waals surface area contributed by atoms with Gasteiger partial charge in [0.25, 0.3) is 0 Å². The van der Waals surface area contributed by atoms with E-state index in [4.69, 9.17) is 4.52 Å². The fraction of sp³-hybridized carbons (Fsp3) is 0.545. The molecule has 2 unspecified atom stereocenters. The highest BCUT2D eigenvalue weighted by Gasteiger charge is 2.48. The van der Waals surface area contributed by atoms with Gasteiger partial charge in [0.1, 0.15) is 11.6 Å². The van der Waals surface area contributed by atoms with Crippen molar-refractivity contribution in [2.24, 2.45) is 5.92 Å². The number of aliphatic hydroxyl groups is 1. The summed E-state index contributed by atoms with van der Waals surface area (Å²) in [5.74, 6) is -0.504. The van der Waals surface area contributed by atoms with Crippen LogP contribution >= 0.6 is 0 Å². The quantitative estimate of drug-likeness (QED) is 0.549. The number of nitrogens with one attached hydrogen (secondary N) is 2. The molecule has 1 fully saturated rings. The van der Waals surface area contributed by atoms with Gasteiger partial charge in [-0.2, -0.15) is 0 Å². The summed E-state index contributed by atoms with van der Waals surface area (Å²) in [7, 11) is 0. The van der Waals surface area contributed by atoms with Crippen LogP contribution in [-0.4, -0.2) is 34.9 Å². The van der Waals surface area contributed by atoms with Crippen molar-refractivity contribution in [3.8, 4) is 0 Å². The van der Waals surface area contributed by atoms with E-state index in [0.717, 1.165) is 36.8 Å². The van der Waals surface area contributed by atoms with Gasteiger partial charge in [-0.1, -0.05) is 19.0 Å². The molecule has 1 amide bonds. The molecule has 3 rings (SSSR count). The van der Waals surface area contributed by atoms with E-state index in [1.165, 1.54) is 19.1 Å². The summed E-state index contributed by atoms with van der Waals surface area (Å²) in [6.45, 7) is 5.75. The fourth-order valence-electron chi connectivity index (χ4n) is 3.66. The van der Waals surface area contributed by atoms with Gasteiger partial charge in [0.15, 0.2) is 5.76 Å². The second-order valence-electron chi connectivity index (χ2n) is 8.60. The summed E-state index contributed by atoms with van der Waals surface area (Å²) >= 11 is 0. The molecule has 0 aliphatic heterocycles. The minimum absolute atomic E-state index is 0.102. The largest absolute Gasteiger partial charge is 0.390 e. The predicted molar refractivity (Wildman–Crippen MR) is 108 cm³/mol. The first-order valence-electron chi connectivity index (χ1n) is 10.3. The van der Waals surface area contributed by atoms with Crippen molar-refractivity contribution in [3.05, 3.63) is 52.9 Å². The van der Waals surface area contributed by atoms with E-state index in [1.54, 1.807) is 0 Å². The first-order chi connectivity index (χ1) is 14.2. The Kier molecular flexibility index (Phi) is 6.88. The number of hydrogen-bond acceptors (Lipinski definition) is 5. The monoisotopic (exact) mass is 421 g/mol. The lowest BCUT2D eigenvalue weighted by Crippen LogP contribution is -2.49. The van der Waals surface area contributed by atoms with Crippen LogP contribution in [0.15, 0.2) is 28.8 Å². The summed E-state index contributed by atoms with van der Waals surface area (Å²) in [6, 6.07) is 4.44. The highest BCUT2D eigenvalue weighted by molar-refractivity contribution is 5.73. The minimum Gasteiger partial charge on any atom is -0.390 e. The van der Waals surface area contributed by atoms with Gasteiger partial charge in [-0.05, 0) is 49.3 Å². The van der Waals surface area contributed by atoms with Crippen LogP contribution < -0.4 is 10.6 Å². The third-order valence-corrected chi connectivity index (χ3v) is 5.28. The van der Waals surface area contributed by atoms with E-state index in [0.29, 0.717) is 11.5 Å². The molecule has 1 aliphatic rings. The smallest absolute Gasteiger partial charge is 0.217 e.